The second kappa shape index (κ2) is 8.21. The number of nitrogens with one attached hydrogen (secondary N) is 1. The monoisotopic (exact) mass is 441 g/mol. The van der Waals surface area contributed by atoms with Crippen LogP contribution in [-0.2, 0) is 19.4 Å². The number of hydrogen-bond donors (Lipinski definition) is 1. The molecule has 0 radical (unpaired) electrons. The first-order valence-corrected chi connectivity index (χ1v) is 11.7. The Bertz CT molecular complexity index is 1390. The van der Waals surface area contributed by atoms with Crippen LogP contribution in [0, 0.1) is 18.3 Å². The Kier molecular flexibility index (Phi) is 5.24. The Labute approximate surface area is 190 Å². The predicted octanol–water partition coefficient (Wildman–Crippen LogP) is 5.49. The average molecular weight is 442 g/mol. The highest BCUT2D eigenvalue weighted by atomic mass is 32.1. The van der Waals surface area contributed by atoms with E-state index in [2.05, 4.69) is 16.5 Å². The Morgan fingerprint density at radius 3 is 2.88 bits per heavy atom. The molecule has 32 heavy (non-hydrogen) atoms. The Morgan fingerprint density at radius 2 is 2.09 bits per heavy atom. The maximum atomic E-state index is 13.5. The van der Waals surface area contributed by atoms with Gasteiger partial charge in [-0.25, -0.2) is 4.98 Å². The maximum absolute atomic E-state index is 13.5. The lowest BCUT2D eigenvalue weighted by Gasteiger charge is -2.10. The molecule has 0 unspecified atom stereocenters. The lowest BCUT2D eigenvalue weighted by atomic mass is 9.96. The van der Waals surface area contributed by atoms with Gasteiger partial charge in [-0.2, -0.15) is 10.4 Å². The number of anilines is 1. The summed E-state index contributed by atoms with van der Waals surface area (Å²) in [6, 6.07) is 11.8. The largest absolute Gasteiger partial charge is 0.312 e. The Balaban J connectivity index is 1.59. The molecule has 1 aliphatic carbocycles. The van der Waals surface area contributed by atoms with Crippen molar-refractivity contribution < 1.29 is 4.79 Å². The molecule has 0 bridgehead atoms. The molecule has 6 nitrogen and oxygen atoms in total. The molecule has 4 aromatic rings. The number of benzene rings is 1. The van der Waals surface area contributed by atoms with Crippen LogP contribution in [0.4, 0.5) is 5.00 Å². The van der Waals surface area contributed by atoms with E-state index in [1.165, 1.54) is 4.88 Å². The second-order valence-corrected chi connectivity index (χ2v) is 9.14. The standard InChI is InChI=1S/C25H23N5OS/c1-3-30-14-20(15(2)29-30)22-12-18(16-8-4-6-10-21(16)27-22)24(31)28-25-19(13-26)17-9-5-7-11-23(17)32-25/h4,6,8,10,12,14H,3,5,7,9,11H2,1-2H3,(H,28,31). The maximum Gasteiger partial charge on any atom is 0.257 e. The minimum absolute atomic E-state index is 0.222. The van der Waals surface area contributed by atoms with Gasteiger partial charge in [-0.1, -0.05) is 18.2 Å². The number of nitriles is 1. The molecule has 0 saturated heterocycles. The molecule has 5 rings (SSSR count). The fraction of sp³-hybridized carbons (Fsp3) is 0.280. The van der Waals surface area contributed by atoms with Gasteiger partial charge >= 0.3 is 0 Å². The zero-order valence-electron chi connectivity index (χ0n) is 18.1. The molecule has 160 valence electrons. The van der Waals surface area contributed by atoms with Crippen LogP contribution >= 0.6 is 11.3 Å². The van der Waals surface area contributed by atoms with Gasteiger partial charge in [0.15, 0.2) is 0 Å². The van der Waals surface area contributed by atoms with Crippen LogP contribution in [0.25, 0.3) is 22.2 Å². The van der Waals surface area contributed by atoms with Gasteiger partial charge in [0, 0.05) is 28.6 Å². The summed E-state index contributed by atoms with van der Waals surface area (Å²) in [5.41, 5.74) is 5.54. The normalized spacial score (nSPS) is 13.0. The Morgan fingerprint density at radius 1 is 1.28 bits per heavy atom. The molecule has 0 fully saturated rings. The van der Waals surface area contributed by atoms with E-state index in [1.54, 1.807) is 11.3 Å². The number of fused-ring (bicyclic) bond motifs is 2. The second-order valence-electron chi connectivity index (χ2n) is 8.04. The summed E-state index contributed by atoms with van der Waals surface area (Å²) in [5.74, 6) is -0.222. The lowest BCUT2D eigenvalue weighted by molar-refractivity contribution is 0.102. The minimum atomic E-state index is -0.222. The topological polar surface area (TPSA) is 83.6 Å². The number of nitrogens with zero attached hydrogens (tertiary/aromatic N) is 4. The van der Waals surface area contributed by atoms with E-state index in [9.17, 15) is 10.1 Å². The van der Waals surface area contributed by atoms with Gasteiger partial charge in [-0.15, -0.1) is 11.3 Å². The summed E-state index contributed by atoms with van der Waals surface area (Å²) >= 11 is 1.54. The molecule has 0 spiro atoms. The highest BCUT2D eigenvalue weighted by Crippen LogP contribution is 2.38. The molecule has 0 atom stereocenters. The van der Waals surface area contributed by atoms with Crippen molar-refractivity contribution in [1.29, 1.82) is 5.26 Å². The number of thiophene rings is 1. The molecule has 3 heterocycles. The van der Waals surface area contributed by atoms with Crippen LogP contribution < -0.4 is 5.32 Å². The summed E-state index contributed by atoms with van der Waals surface area (Å²) < 4.78 is 1.87. The molecular weight excluding hydrogens is 418 g/mol. The van der Waals surface area contributed by atoms with Crippen molar-refractivity contribution in [3.8, 4) is 17.3 Å². The van der Waals surface area contributed by atoms with Crippen LogP contribution in [0.1, 0.15) is 51.8 Å². The van der Waals surface area contributed by atoms with Gasteiger partial charge in [0.1, 0.15) is 11.1 Å². The number of rotatable bonds is 4. The first-order valence-electron chi connectivity index (χ1n) is 10.9. The number of aromatic nitrogens is 3. The van der Waals surface area contributed by atoms with Crippen molar-refractivity contribution in [2.45, 2.75) is 46.1 Å². The molecule has 1 amide bonds. The molecule has 1 aromatic carbocycles. The summed E-state index contributed by atoms with van der Waals surface area (Å²) in [6.07, 6.45) is 6.08. The third kappa shape index (κ3) is 3.47. The van der Waals surface area contributed by atoms with Crippen LogP contribution in [-0.4, -0.2) is 20.7 Å². The Hall–Kier alpha value is -3.50. The summed E-state index contributed by atoms with van der Waals surface area (Å²) in [7, 11) is 0. The molecule has 0 aliphatic heterocycles. The number of aryl methyl sites for hydroxylation is 3. The van der Waals surface area contributed by atoms with E-state index >= 15 is 0 Å². The number of pyridine rings is 1. The predicted molar refractivity (Wildman–Crippen MR) is 127 cm³/mol. The van der Waals surface area contributed by atoms with Crippen molar-refractivity contribution in [2.75, 3.05) is 5.32 Å². The first-order chi connectivity index (χ1) is 15.6. The minimum Gasteiger partial charge on any atom is -0.312 e. The smallest absolute Gasteiger partial charge is 0.257 e. The zero-order valence-corrected chi connectivity index (χ0v) is 18.9. The van der Waals surface area contributed by atoms with Crippen LogP contribution in [0.3, 0.4) is 0 Å². The lowest BCUT2D eigenvalue weighted by Crippen LogP contribution is -2.13. The zero-order chi connectivity index (χ0) is 22.2. The van der Waals surface area contributed by atoms with E-state index in [4.69, 9.17) is 4.98 Å². The summed E-state index contributed by atoms with van der Waals surface area (Å²) in [5, 5.41) is 18.8. The SMILES string of the molecule is CCn1cc(-c2cc(C(=O)Nc3sc4c(c3C#N)CCCC4)c3ccccc3n2)c(C)n1. The number of amides is 1. The summed E-state index contributed by atoms with van der Waals surface area (Å²) in [6.45, 7) is 4.76. The number of carbonyl (C=O) groups excluding carboxylic acids is 1. The van der Waals surface area contributed by atoms with Crippen LogP contribution in [0.2, 0.25) is 0 Å². The summed E-state index contributed by atoms with van der Waals surface area (Å²) in [4.78, 5) is 19.5. The molecule has 1 aliphatic rings. The third-order valence-electron chi connectivity index (χ3n) is 6.02. The highest BCUT2D eigenvalue weighted by molar-refractivity contribution is 7.16. The number of carbonyl (C=O) groups is 1. The van der Waals surface area contributed by atoms with Gasteiger partial charge in [0.05, 0.1) is 28.0 Å². The fourth-order valence-corrected chi connectivity index (χ4v) is 5.61. The van der Waals surface area contributed by atoms with E-state index in [-0.39, 0.29) is 5.91 Å². The van der Waals surface area contributed by atoms with E-state index in [0.29, 0.717) is 16.1 Å². The number of hydrogen-bond acceptors (Lipinski definition) is 5. The van der Waals surface area contributed by atoms with Crippen molar-refractivity contribution in [1.82, 2.24) is 14.8 Å². The molecule has 0 saturated carbocycles. The van der Waals surface area contributed by atoms with Crippen LogP contribution in [0.15, 0.2) is 36.5 Å². The highest BCUT2D eigenvalue weighted by Gasteiger charge is 2.23. The van der Waals surface area contributed by atoms with Gasteiger partial charge < -0.3 is 5.32 Å². The van der Waals surface area contributed by atoms with Crippen molar-refractivity contribution >= 4 is 33.1 Å². The van der Waals surface area contributed by atoms with Gasteiger partial charge in [-0.3, -0.25) is 9.48 Å². The van der Waals surface area contributed by atoms with Gasteiger partial charge in [-0.05, 0) is 57.2 Å². The van der Waals surface area contributed by atoms with Gasteiger partial charge in [0.25, 0.3) is 5.91 Å². The molecule has 7 heteroatoms. The van der Waals surface area contributed by atoms with E-state index in [1.807, 2.05) is 55.1 Å². The van der Waals surface area contributed by atoms with Crippen LogP contribution in [0.5, 0.6) is 0 Å². The molecule has 3 aromatic heterocycles. The quantitative estimate of drug-likeness (QED) is 0.454. The van der Waals surface area contributed by atoms with Crippen molar-refractivity contribution in [2.24, 2.45) is 0 Å². The molecule has 1 N–H and O–H groups in total. The fourth-order valence-electron chi connectivity index (χ4n) is 4.38. The van der Waals surface area contributed by atoms with Crippen molar-refractivity contribution in [3.05, 3.63) is 63.8 Å². The first kappa shape index (κ1) is 20.4. The molecular formula is C25H23N5OS. The van der Waals surface area contributed by atoms with E-state index < -0.39 is 0 Å². The van der Waals surface area contributed by atoms with Crippen molar-refractivity contribution in [3.63, 3.8) is 0 Å². The van der Waals surface area contributed by atoms with E-state index in [0.717, 1.165) is 65.6 Å². The average Bonchev–Trinajstić information content (AvgIpc) is 3.37. The third-order valence-corrected chi connectivity index (χ3v) is 7.22. The number of para-hydroxylation sites is 1. The van der Waals surface area contributed by atoms with Gasteiger partial charge in [0.2, 0.25) is 0 Å².